The van der Waals surface area contributed by atoms with E-state index in [-0.39, 0.29) is 5.78 Å². The molecule has 1 aliphatic heterocycles. The topological polar surface area (TPSA) is 66.8 Å². The van der Waals surface area contributed by atoms with E-state index in [9.17, 15) is 14.7 Å². The van der Waals surface area contributed by atoms with E-state index in [0.29, 0.717) is 37.2 Å². The van der Waals surface area contributed by atoms with Gasteiger partial charge in [-0.2, -0.15) is 0 Å². The normalized spacial score (nSPS) is 18.1. The molecule has 5 heteroatoms. The molecule has 1 saturated heterocycles. The zero-order valence-electron chi connectivity index (χ0n) is 10.8. The molecule has 19 heavy (non-hydrogen) atoms. The first-order valence-corrected chi connectivity index (χ1v) is 6.25. The van der Waals surface area contributed by atoms with E-state index < -0.39 is 12.0 Å². The number of ether oxygens (including phenoxy) is 1. The van der Waals surface area contributed by atoms with Crippen LogP contribution in [0.5, 0.6) is 5.75 Å². The lowest BCUT2D eigenvalue weighted by Gasteiger charge is -2.32. The summed E-state index contributed by atoms with van der Waals surface area (Å²) in [5.74, 6) is -0.161. The molecule has 0 bridgehead atoms. The summed E-state index contributed by atoms with van der Waals surface area (Å²) in [6, 6.07) is 6.35. The van der Waals surface area contributed by atoms with Gasteiger partial charge >= 0.3 is 5.97 Å². The van der Waals surface area contributed by atoms with Crippen LogP contribution < -0.4 is 4.74 Å². The van der Waals surface area contributed by atoms with Crippen molar-refractivity contribution in [2.45, 2.75) is 18.9 Å². The van der Waals surface area contributed by atoms with Crippen molar-refractivity contribution in [3.05, 3.63) is 29.8 Å². The molecule has 0 saturated carbocycles. The second-order valence-electron chi connectivity index (χ2n) is 4.56. The highest BCUT2D eigenvalue weighted by Gasteiger charge is 2.32. The number of methoxy groups -OCH3 is 1. The number of para-hydroxylation sites is 1. The lowest BCUT2D eigenvalue weighted by Crippen LogP contribution is -2.40. The lowest BCUT2D eigenvalue weighted by molar-refractivity contribution is -0.145. The number of benzene rings is 1. The molecule has 0 spiro atoms. The number of likely N-dealkylation sites (tertiary alicyclic amines) is 1. The summed E-state index contributed by atoms with van der Waals surface area (Å²) in [7, 11) is 1.53. The first-order valence-electron chi connectivity index (χ1n) is 6.25. The predicted octanol–water partition coefficient (Wildman–Crippen LogP) is 1.49. The first-order chi connectivity index (χ1) is 9.13. The standard InChI is InChI=1S/C14H17NO4/c1-19-12-5-3-2-4-11(12)13(14(17)18)15-8-6-10(16)7-9-15/h2-5,13H,6-9H2,1H3,(H,17,18). The SMILES string of the molecule is COc1ccccc1C(C(=O)O)N1CCC(=O)CC1. The average molecular weight is 263 g/mol. The maximum absolute atomic E-state index is 11.6. The van der Waals surface area contributed by atoms with Gasteiger partial charge in [-0.15, -0.1) is 0 Å². The number of carboxylic acid groups (broad SMARTS) is 1. The Morgan fingerprint density at radius 2 is 1.95 bits per heavy atom. The van der Waals surface area contributed by atoms with Crippen molar-refractivity contribution in [3.63, 3.8) is 0 Å². The zero-order chi connectivity index (χ0) is 13.8. The smallest absolute Gasteiger partial charge is 0.325 e. The molecule has 1 N–H and O–H groups in total. The molecule has 1 aromatic rings. The third kappa shape index (κ3) is 2.93. The molecule has 5 nitrogen and oxygen atoms in total. The van der Waals surface area contributed by atoms with Gasteiger partial charge < -0.3 is 9.84 Å². The van der Waals surface area contributed by atoms with Crippen molar-refractivity contribution in [2.24, 2.45) is 0 Å². The van der Waals surface area contributed by atoms with Gasteiger partial charge in [-0.25, -0.2) is 0 Å². The van der Waals surface area contributed by atoms with Crippen LogP contribution in [0.15, 0.2) is 24.3 Å². The van der Waals surface area contributed by atoms with Crippen LogP contribution in [-0.4, -0.2) is 42.0 Å². The van der Waals surface area contributed by atoms with Gasteiger partial charge in [0, 0.05) is 31.5 Å². The van der Waals surface area contributed by atoms with Gasteiger partial charge in [0.15, 0.2) is 0 Å². The Balaban J connectivity index is 2.29. The van der Waals surface area contributed by atoms with Crippen molar-refractivity contribution in [1.29, 1.82) is 0 Å². The van der Waals surface area contributed by atoms with Crippen LogP contribution in [0.4, 0.5) is 0 Å². The molecule has 0 aromatic heterocycles. The van der Waals surface area contributed by atoms with E-state index in [1.54, 1.807) is 24.3 Å². The predicted molar refractivity (Wildman–Crippen MR) is 69.2 cm³/mol. The van der Waals surface area contributed by atoms with E-state index in [4.69, 9.17) is 4.74 Å². The van der Waals surface area contributed by atoms with Gasteiger partial charge in [-0.1, -0.05) is 18.2 Å². The molecular formula is C14H17NO4. The van der Waals surface area contributed by atoms with Crippen molar-refractivity contribution in [1.82, 2.24) is 4.90 Å². The third-order valence-electron chi connectivity index (χ3n) is 3.39. The maximum Gasteiger partial charge on any atom is 0.325 e. The van der Waals surface area contributed by atoms with Gasteiger partial charge in [-0.05, 0) is 6.07 Å². The van der Waals surface area contributed by atoms with Crippen LogP contribution in [-0.2, 0) is 9.59 Å². The number of hydrogen-bond acceptors (Lipinski definition) is 4. The van der Waals surface area contributed by atoms with Crippen molar-refractivity contribution >= 4 is 11.8 Å². The number of ketones is 1. The minimum absolute atomic E-state index is 0.195. The number of carboxylic acids is 1. The van der Waals surface area contributed by atoms with E-state index in [0.717, 1.165) is 0 Å². The lowest BCUT2D eigenvalue weighted by atomic mass is 10.0. The van der Waals surface area contributed by atoms with Gasteiger partial charge in [-0.3, -0.25) is 14.5 Å². The highest BCUT2D eigenvalue weighted by Crippen LogP contribution is 2.30. The Hall–Kier alpha value is -1.88. The number of piperidine rings is 1. The van der Waals surface area contributed by atoms with Gasteiger partial charge in [0.2, 0.25) is 0 Å². The Bertz CT molecular complexity index is 476. The fourth-order valence-corrected chi connectivity index (χ4v) is 2.41. The molecule has 0 amide bonds. The molecule has 0 aliphatic carbocycles. The van der Waals surface area contributed by atoms with Crippen molar-refractivity contribution in [2.75, 3.05) is 20.2 Å². The van der Waals surface area contributed by atoms with Crippen LogP contribution in [0.3, 0.4) is 0 Å². The largest absolute Gasteiger partial charge is 0.496 e. The second-order valence-corrected chi connectivity index (χ2v) is 4.56. The summed E-state index contributed by atoms with van der Waals surface area (Å²) < 4.78 is 5.23. The van der Waals surface area contributed by atoms with Crippen LogP contribution >= 0.6 is 0 Å². The summed E-state index contributed by atoms with van der Waals surface area (Å²) in [6.07, 6.45) is 0.831. The van der Waals surface area contributed by atoms with Gasteiger partial charge in [0.05, 0.1) is 7.11 Å². The second kappa shape index (κ2) is 5.84. The minimum atomic E-state index is -0.918. The van der Waals surface area contributed by atoms with Crippen molar-refractivity contribution < 1.29 is 19.4 Å². The van der Waals surface area contributed by atoms with Crippen LogP contribution in [0, 0.1) is 0 Å². The average Bonchev–Trinajstić information content (AvgIpc) is 2.41. The molecule has 1 heterocycles. The first kappa shape index (κ1) is 13.5. The molecule has 1 aromatic carbocycles. The number of Topliss-reactive ketones (excluding diaryl/α,β-unsaturated/α-hetero) is 1. The Kier molecular flexibility index (Phi) is 4.16. The number of aliphatic carboxylic acids is 1. The Morgan fingerprint density at radius 1 is 1.32 bits per heavy atom. The number of carbonyl (C=O) groups excluding carboxylic acids is 1. The van der Waals surface area contributed by atoms with Crippen LogP contribution in [0.25, 0.3) is 0 Å². The van der Waals surface area contributed by atoms with Gasteiger partial charge in [0.25, 0.3) is 0 Å². The monoisotopic (exact) mass is 263 g/mol. The molecule has 1 fully saturated rings. The van der Waals surface area contributed by atoms with E-state index >= 15 is 0 Å². The molecular weight excluding hydrogens is 246 g/mol. The number of carbonyl (C=O) groups is 2. The summed E-state index contributed by atoms with van der Waals surface area (Å²) >= 11 is 0. The summed E-state index contributed by atoms with van der Waals surface area (Å²) in [5.41, 5.74) is 0.631. The summed E-state index contributed by atoms with van der Waals surface area (Å²) in [6.45, 7) is 0.960. The molecule has 2 rings (SSSR count). The maximum atomic E-state index is 11.6. The van der Waals surface area contributed by atoms with E-state index in [1.165, 1.54) is 7.11 Å². The minimum Gasteiger partial charge on any atom is -0.496 e. The van der Waals surface area contributed by atoms with Crippen LogP contribution in [0.2, 0.25) is 0 Å². The highest BCUT2D eigenvalue weighted by atomic mass is 16.5. The Morgan fingerprint density at radius 3 is 2.53 bits per heavy atom. The quantitative estimate of drug-likeness (QED) is 0.891. The van der Waals surface area contributed by atoms with Gasteiger partial charge in [0.1, 0.15) is 17.6 Å². The molecule has 1 unspecified atom stereocenters. The van der Waals surface area contributed by atoms with E-state index in [2.05, 4.69) is 0 Å². The molecule has 102 valence electrons. The molecule has 1 aliphatic rings. The van der Waals surface area contributed by atoms with E-state index in [1.807, 2.05) is 4.90 Å². The third-order valence-corrected chi connectivity index (χ3v) is 3.39. The number of hydrogen-bond donors (Lipinski definition) is 1. The number of nitrogens with zero attached hydrogens (tertiary/aromatic N) is 1. The molecule has 0 radical (unpaired) electrons. The Labute approximate surface area is 111 Å². The van der Waals surface area contributed by atoms with Crippen LogP contribution in [0.1, 0.15) is 24.4 Å². The highest BCUT2D eigenvalue weighted by molar-refractivity contribution is 5.81. The summed E-state index contributed by atoms with van der Waals surface area (Å²) in [5, 5.41) is 9.48. The van der Waals surface area contributed by atoms with Crippen molar-refractivity contribution in [3.8, 4) is 5.75 Å². The fourth-order valence-electron chi connectivity index (χ4n) is 2.41. The summed E-state index contributed by atoms with van der Waals surface area (Å²) in [4.78, 5) is 24.6. The fraction of sp³-hybridized carbons (Fsp3) is 0.429. The number of rotatable bonds is 4. The zero-order valence-corrected chi connectivity index (χ0v) is 10.8. The molecule has 1 atom stereocenters.